The maximum absolute atomic E-state index is 11.7. The molecule has 1 aliphatic heterocycles. The van der Waals surface area contributed by atoms with Gasteiger partial charge < -0.3 is 10.1 Å². The summed E-state index contributed by atoms with van der Waals surface area (Å²) in [5.74, 6) is 0.470. The lowest BCUT2D eigenvalue weighted by molar-refractivity contribution is -0.131. The Bertz CT molecular complexity index is 251. The lowest BCUT2D eigenvalue weighted by Crippen LogP contribution is -2.43. The van der Waals surface area contributed by atoms with Crippen LogP contribution in [0.25, 0.3) is 0 Å². The number of carbonyl (C=O) groups excluding carboxylic acids is 1. The van der Waals surface area contributed by atoms with Gasteiger partial charge in [-0.1, -0.05) is 19.0 Å². The second-order valence-corrected chi connectivity index (χ2v) is 4.04. The summed E-state index contributed by atoms with van der Waals surface area (Å²) in [4.78, 5) is 13.6. The third-order valence-corrected chi connectivity index (χ3v) is 2.99. The van der Waals surface area contributed by atoms with Gasteiger partial charge >= 0.3 is 0 Å². The van der Waals surface area contributed by atoms with Gasteiger partial charge in [-0.25, -0.2) is 0 Å². The van der Waals surface area contributed by atoms with Crippen molar-refractivity contribution in [2.75, 3.05) is 13.1 Å². The first-order valence-electron chi connectivity index (χ1n) is 5.71. The van der Waals surface area contributed by atoms with Crippen LogP contribution in [-0.4, -0.2) is 34.8 Å². The quantitative estimate of drug-likeness (QED) is 0.573. The highest BCUT2D eigenvalue weighted by molar-refractivity contribution is 5.89. The van der Waals surface area contributed by atoms with E-state index in [1.165, 1.54) is 0 Å². The average molecular weight is 212 g/mol. The number of hydrogen-bond acceptors (Lipinski definition) is 3. The minimum absolute atomic E-state index is 0.230. The van der Waals surface area contributed by atoms with Crippen molar-refractivity contribution in [3.05, 3.63) is 0 Å². The zero-order valence-corrected chi connectivity index (χ0v) is 9.57. The molecule has 0 spiro atoms. The Hall–Kier alpha value is -1.06. The van der Waals surface area contributed by atoms with Gasteiger partial charge in [0, 0.05) is 31.8 Å². The molecule has 0 aliphatic carbocycles. The first kappa shape index (κ1) is 12.0. The Morgan fingerprint density at radius 2 is 2.33 bits per heavy atom. The van der Waals surface area contributed by atoms with Crippen LogP contribution < -0.4 is 0 Å². The zero-order valence-electron chi connectivity index (χ0n) is 9.57. The van der Waals surface area contributed by atoms with Gasteiger partial charge in [0.15, 0.2) is 0 Å². The van der Waals surface area contributed by atoms with E-state index in [0.717, 1.165) is 18.6 Å². The molecular weight excluding hydrogens is 192 g/mol. The first-order valence-corrected chi connectivity index (χ1v) is 5.71. The van der Waals surface area contributed by atoms with Gasteiger partial charge in [0.2, 0.25) is 5.91 Å². The summed E-state index contributed by atoms with van der Waals surface area (Å²) >= 11 is 0. The molecule has 0 saturated carbocycles. The highest BCUT2D eigenvalue weighted by atomic mass is 16.4. The number of hydrogen-bond donors (Lipinski definition) is 1. The third kappa shape index (κ3) is 2.94. The van der Waals surface area contributed by atoms with Gasteiger partial charge in [-0.2, -0.15) is 0 Å². The van der Waals surface area contributed by atoms with Gasteiger partial charge in [0.1, 0.15) is 0 Å². The number of likely N-dealkylation sites (tertiary alicyclic amines) is 1. The van der Waals surface area contributed by atoms with Crippen molar-refractivity contribution in [3.8, 4) is 0 Å². The predicted octanol–water partition coefficient (Wildman–Crippen LogP) is 1.88. The van der Waals surface area contributed by atoms with Crippen molar-refractivity contribution in [1.29, 1.82) is 0 Å². The molecule has 86 valence electrons. The Morgan fingerprint density at radius 1 is 1.60 bits per heavy atom. The van der Waals surface area contributed by atoms with E-state index in [9.17, 15) is 4.79 Å². The normalized spacial score (nSPS) is 24.5. The summed E-state index contributed by atoms with van der Waals surface area (Å²) in [7, 11) is 0. The smallest absolute Gasteiger partial charge is 0.222 e. The summed E-state index contributed by atoms with van der Waals surface area (Å²) in [6.07, 6.45) is 3.16. The van der Waals surface area contributed by atoms with Gasteiger partial charge in [0.05, 0.1) is 5.71 Å². The summed E-state index contributed by atoms with van der Waals surface area (Å²) in [5, 5.41) is 12.1. The maximum atomic E-state index is 11.7. The monoisotopic (exact) mass is 212 g/mol. The largest absolute Gasteiger partial charge is 0.411 e. The Kier molecular flexibility index (Phi) is 4.59. The highest BCUT2D eigenvalue weighted by Gasteiger charge is 2.26. The van der Waals surface area contributed by atoms with Crippen LogP contribution >= 0.6 is 0 Å². The van der Waals surface area contributed by atoms with E-state index < -0.39 is 0 Å². The number of amides is 1. The Morgan fingerprint density at radius 3 is 2.87 bits per heavy atom. The second-order valence-electron chi connectivity index (χ2n) is 4.04. The molecular formula is C11H20N2O2. The van der Waals surface area contributed by atoms with Gasteiger partial charge in [0.25, 0.3) is 0 Å². The van der Waals surface area contributed by atoms with Crippen LogP contribution in [0.4, 0.5) is 0 Å². The van der Waals surface area contributed by atoms with Crippen molar-refractivity contribution < 1.29 is 10.0 Å². The van der Waals surface area contributed by atoms with Crippen molar-refractivity contribution >= 4 is 11.6 Å². The third-order valence-electron chi connectivity index (χ3n) is 2.99. The van der Waals surface area contributed by atoms with Crippen LogP contribution in [0.5, 0.6) is 0 Å². The molecule has 1 saturated heterocycles. The van der Waals surface area contributed by atoms with E-state index in [1.54, 1.807) is 0 Å². The molecule has 4 heteroatoms. The molecule has 1 aliphatic rings. The summed E-state index contributed by atoms with van der Waals surface area (Å²) in [6.45, 7) is 5.49. The van der Waals surface area contributed by atoms with Gasteiger partial charge in [-0.15, -0.1) is 0 Å². The lowest BCUT2D eigenvalue weighted by Gasteiger charge is -2.32. The van der Waals surface area contributed by atoms with Crippen molar-refractivity contribution in [1.82, 2.24) is 4.90 Å². The van der Waals surface area contributed by atoms with Crippen molar-refractivity contribution in [2.24, 2.45) is 11.1 Å². The molecule has 0 bridgehead atoms. The van der Waals surface area contributed by atoms with Crippen LogP contribution in [-0.2, 0) is 4.79 Å². The fourth-order valence-corrected chi connectivity index (χ4v) is 2.01. The number of rotatable bonds is 3. The fourth-order valence-electron chi connectivity index (χ4n) is 2.01. The van der Waals surface area contributed by atoms with E-state index in [2.05, 4.69) is 12.1 Å². The van der Waals surface area contributed by atoms with E-state index in [4.69, 9.17) is 5.21 Å². The molecule has 4 nitrogen and oxygen atoms in total. The van der Waals surface area contributed by atoms with Crippen LogP contribution in [0.1, 0.15) is 39.5 Å². The summed E-state index contributed by atoms with van der Waals surface area (Å²) < 4.78 is 0. The molecule has 0 aromatic rings. The lowest BCUT2D eigenvalue weighted by atomic mass is 9.93. The predicted molar refractivity (Wildman–Crippen MR) is 59.1 cm³/mol. The van der Waals surface area contributed by atoms with E-state index in [1.807, 2.05) is 11.8 Å². The molecule has 1 N–H and O–H groups in total. The van der Waals surface area contributed by atoms with E-state index >= 15 is 0 Å². The standard InChI is InChI=1S/C11H20N2O2/c1-3-5-11(14)13-7-6-10(12-15)9(4-2)8-13/h9,15H,3-8H2,1-2H3. The van der Waals surface area contributed by atoms with E-state index in [-0.39, 0.29) is 11.8 Å². The molecule has 1 heterocycles. The minimum atomic E-state index is 0.230. The molecule has 1 fully saturated rings. The number of carbonyl (C=O) groups is 1. The highest BCUT2D eigenvalue weighted by Crippen LogP contribution is 2.18. The molecule has 1 unspecified atom stereocenters. The fraction of sp³-hybridized carbons (Fsp3) is 0.818. The van der Waals surface area contributed by atoms with Crippen LogP contribution in [0.15, 0.2) is 5.16 Å². The van der Waals surface area contributed by atoms with Gasteiger partial charge in [-0.05, 0) is 12.8 Å². The molecule has 1 rings (SSSR count). The number of nitrogens with zero attached hydrogens (tertiary/aromatic N) is 2. The molecule has 1 amide bonds. The molecule has 0 aromatic carbocycles. The SMILES string of the molecule is CCCC(=O)N1CCC(=NO)C(CC)C1. The molecule has 1 atom stereocenters. The average Bonchev–Trinajstić information content (AvgIpc) is 2.28. The van der Waals surface area contributed by atoms with E-state index in [0.29, 0.717) is 25.9 Å². The van der Waals surface area contributed by atoms with Gasteiger partial charge in [-0.3, -0.25) is 4.79 Å². The number of piperidine rings is 1. The first-order chi connectivity index (χ1) is 7.22. The Labute approximate surface area is 90.9 Å². The molecule has 15 heavy (non-hydrogen) atoms. The van der Waals surface area contributed by atoms with Crippen LogP contribution in [0.3, 0.4) is 0 Å². The minimum Gasteiger partial charge on any atom is -0.411 e. The van der Waals surface area contributed by atoms with Crippen molar-refractivity contribution in [3.63, 3.8) is 0 Å². The Balaban J connectivity index is 2.56. The molecule has 0 aromatic heterocycles. The number of oxime groups is 1. The second kappa shape index (κ2) is 5.73. The summed E-state index contributed by atoms with van der Waals surface area (Å²) in [6, 6.07) is 0. The van der Waals surface area contributed by atoms with Crippen LogP contribution in [0.2, 0.25) is 0 Å². The summed E-state index contributed by atoms with van der Waals surface area (Å²) in [5.41, 5.74) is 0.845. The molecule has 0 radical (unpaired) electrons. The van der Waals surface area contributed by atoms with Crippen molar-refractivity contribution in [2.45, 2.75) is 39.5 Å². The zero-order chi connectivity index (χ0) is 11.3. The topological polar surface area (TPSA) is 52.9 Å². The maximum Gasteiger partial charge on any atom is 0.222 e. The van der Waals surface area contributed by atoms with Crippen LogP contribution in [0, 0.1) is 5.92 Å².